The van der Waals surface area contributed by atoms with Gasteiger partial charge in [0.1, 0.15) is 22.3 Å². The number of hydrogen-bond acceptors (Lipinski definition) is 2. The van der Waals surface area contributed by atoms with Gasteiger partial charge in [-0.2, -0.15) is 0 Å². The van der Waals surface area contributed by atoms with Crippen LogP contribution in [0.1, 0.15) is 25.0 Å². The van der Waals surface area contributed by atoms with E-state index in [2.05, 4.69) is 178 Å². The van der Waals surface area contributed by atoms with E-state index in [1.807, 2.05) is 18.2 Å². The predicted molar refractivity (Wildman–Crippen MR) is 247 cm³/mol. The lowest BCUT2D eigenvalue weighted by atomic mass is 9.79. The molecule has 0 unspecified atom stereocenters. The lowest BCUT2D eigenvalue weighted by Gasteiger charge is -2.23. The standard InChI is InChI=1S/C57H36O2/c1-57(2)49-28-34(44-30-47-39-17-11-13-23-52(39)59-56(47)48-32-53-46(31-45(44)48)38-16-10-12-22-51(38)58-53)24-26-36(49)37-27-25-35(29-50(37)57)55-42-20-8-6-18-40(42)54(33-14-4-3-5-15-33)41-19-7-9-21-43(41)55/h3-32H,1-2H3. The van der Waals surface area contributed by atoms with E-state index in [4.69, 9.17) is 8.83 Å². The second-order valence-electron chi connectivity index (χ2n) is 16.7. The molecule has 1 aliphatic rings. The molecule has 0 atom stereocenters. The highest BCUT2D eigenvalue weighted by Crippen LogP contribution is 2.53. The van der Waals surface area contributed by atoms with Crippen molar-refractivity contribution in [3.8, 4) is 44.5 Å². The normalized spacial score (nSPS) is 13.4. The van der Waals surface area contributed by atoms with Crippen molar-refractivity contribution in [3.63, 3.8) is 0 Å². The molecule has 2 aromatic heterocycles. The van der Waals surface area contributed by atoms with Gasteiger partial charge in [0, 0.05) is 32.3 Å². The van der Waals surface area contributed by atoms with Crippen LogP contribution >= 0.6 is 0 Å². The highest BCUT2D eigenvalue weighted by atomic mass is 16.3. The van der Waals surface area contributed by atoms with Crippen LogP contribution in [0.15, 0.2) is 191 Å². The Morgan fingerprint density at radius 2 is 0.797 bits per heavy atom. The molecule has 0 fully saturated rings. The zero-order valence-electron chi connectivity index (χ0n) is 32.6. The van der Waals surface area contributed by atoms with E-state index in [0.717, 1.165) is 54.6 Å². The summed E-state index contributed by atoms with van der Waals surface area (Å²) in [5, 5.41) is 11.8. The first-order valence-corrected chi connectivity index (χ1v) is 20.5. The molecule has 0 spiro atoms. The third-order valence-electron chi connectivity index (χ3n) is 13.2. The van der Waals surface area contributed by atoms with Gasteiger partial charge in [0.2, 0.25) is 0 Å². The monoisotopic (exact) mass is 752 g/mol. The van der Waals surface area contributed by atoms with E-state index >= 15 is 0 Å². The van der Waals surface area contributed by atoms with Crippen LogP contribution in [0.5, 0.6) is 0 Å². The molecule has 0 saturated heterocycles. The molecule has 2 heteroatoms. The summed E-state index contributed by atoms with van der Waals surface area (Å²) in [4.78, 5) is 0. The van der Waals surface area contributed by atoms with Gasteiger partial charge in [-0.3, -0.25) is 0 Å². The summed E-state index contributed by atoms with van der Waals surface area (Å²) in [6.45, 7) is 4.79. The number of fused-ring (bicyclic) bond motifs is 13. The van der Waals surface area contributed by atoms with Gasteiger partial charge in [-0.15, -0.1) is 0 Å². The fourth-order valence-corrected chi connectivity index (χ4v) is 10.5. The van der Waals surface area contributed by atoms with Gasteiger partial charge in [0.15, 0.2) is 0 Å². The van der Waals surface area contributed by atoms with Crippen LogP contribution in [-0.2, 0) is 5.41 Å². The van der Waals surface area contributed by atoms with E-state index in [0.29, 0.717) is 0 Å². The van der Waals surface area contributed by atoms with Crippen molar-refractivity contribution in [1.82, 2.24) is 0 Å². The summed E-state index contributed by atoms with van der Waals surface area (Å²) in [5.41, 5.74) is 16.1. The molecule has 0 N–H and O–H groups in total. The average Bonchev–Trinajstić information content (AvgIpc) is 3.91. The van der Waals surface area contributed by atoms with Crippen LogP contribution in [0, 0.1) is 0 Å². The number of furan rings is 2. The van der Waals surface area contributed by atoms with E-state index in [1.54, 1.807) is 0 Å². The van der Waals surface area contributed by atoms with Gasteiger partial charge >= 0.3 is 0 Å². The maximum absolute atomic E-state index is 6.62. The van der Waals surface area contributed by atoms with E-state index in [1.165, 1.54) is 77.2 Å². The third kappa shape index (κ3) is 4.52. The molecule has 59 heavy (non-hydrogen) atoms. The van der Waals surface area contributed by atoms with E-state index in [-0.39, 0.29) is 5.41 Å². The Bertz CT molecular complexity index is 3690. The summed E-state index contributed by atoms with van der Waals surface area (Å²) in [6, 6.07) is 66.6. The summed E-state index contributed by atoms with van der Waals surface area (Å²) < 4.78 is 13.0. The highest BCUT2D eigenvalue weighted by Gasteiger charge is 2.36. The average molecular weight is 753 g/mol. The van der Waals surface area contributed by atoms with Crippen LogP contribution in [0.2, 0.25) is 0 Å². The molecule has 0 amide bonds. The first-order chi connectivity index (χ1) is 29.0. The van der Waals surface area contributed by atoms with Crippen LogP contribution in [0.25, 0.3) is 121 Å². The summed E-state index contributed by atoms with van der Waals surface area (Å²) in [5.74, 6) is 0. The molecule has 1 aliphatic carbocycles. The Balaban J connectivity index is 1.01. The number of rotatable bonds is 3. The Labute approximate surface area is 340 Å². The molecule has 0 saturated carbocycles. The summed E-state index contributed by atoms with van der Waals surface area (Å²) >= 11 is 0. The van der Waals surface area contributed by atoms with Gasteiger partial charge in [-0.25, -0.2) is 0 Å². The van der Waals surface area contributed by atoms with E-state index < -0.39 is 0 Å². The van der Waals surface area contributed by atoms with Crippen molar-refractivity contribution in [3.05, 3.63) is 193 Å². The lowest BCUT2D eigenvalue weighted by Crippen LogP contribution is -2.15. The summed E-state index contributed by atoms with van der Waals surface area (Å²) in [6.07, 6.45) is 0. The van der Waals surface area contributed by atoms with Crippen molar-refractivity contribution < 1.29 is 8.83 Å². The van der Waals surface area contributed by atoms with Gasteiger partial charge in [-0.05, 0) is 125 Å². The molecule has 276 valence electrons. The SMILES string of the molecule is CC1(C)c2cc(-c3c4ccccc4c(-c4ccccc4)c4ccccc34)ccc2-c2ccc(-c3cc4c5ccccc5oc4c4cc5oc6ccccc6c5cc34)cc21. The van der Waals surface area contributed by atoms with Crippen LogP contribution in [0.4, 0.5) is 0 Å². The molecule has 0 aliphatic heterocycles. The fourth-order valence-electron chi connectivity index (χ4n) is 10.5. The third-order valence-corrected chi connectivity index (χ3v) is 13.2. The van der Waals surface area contributed by atoms with Crippen molar-refractivity contribution in [2.24, 2.45) is 0 Å². The minimum atomic E-state index is -0.234. The van der Waals surface area contributed by atoms with Gasteiger partial charge in [-0.1, -0.05) is 153 Å². The molecule has 0 bridgehead atoms. The molecule has 2 heterocycles. The molecule has 12 aromatic rings. The smallest absolute Gasteiger partial charge is 0.143 e. The largest absolute Gasteiger partial charge is 0.456 e. The van der Waals surface area contributed by atoms with Crippen LogP contribution in [0.3, 0.4) is 0 Å². The Hall–Kier alpha value is -7.42. The van der Waals surface area contributed by atoms with Crippen molar-refractivity contribution >= 4 is 76.2 Å². The molecule has 0 radical (unpaired) electrons. The van der Waals surface area contributed by atoms with Gasteiger partial charge in [0.25, 0.3) is 0 Å². The minimum Gasteiger partial charge on any atom is -0.456 e. The molecular formula is C57H36O2. The maximum atomic E-state index is 6.62. The number of hydrogen-bond donors (Lipinski definition) is 0. The first-order valence-electron chi connectivity index (χ1n) is 20.5. The second-order valence-corrected chi connectivity index (χ2v) is 16.7. The van der Waals surface area contributed by atoms with Crippen molar-refractivity contribution in [2.45, 2.75) is 19.3 Å². The Morgan fingerprint density at radius 3 is 1.44 bits per heavy atom. The topological polar surface area (TPSA) is 26.3 Å². The zero-order valence-corrected chi connectivity index (χ0v) is 32.6. The Morgan fingerprint density at radius 1 is 0.305 bits per heavy atom. The van der Waals surface area contributed by atoms with Crippen LogP contribution < -0.4 is 0 Å². The first kappa shape index (κ1) is 32.6. The Kier molecular flexibility index (Phi) is 6.54. The maximum Gasteiger partial charge on any atom is 0.143 e. The molecular weight excluding hydrogens is 717 g/mol. The minimum absolute atomic E-state index is 0.234. The zero-order chi connectivity index (χ0) is 39.0. The quantitative estimate of drug-likeness (QED) is 0.168. The predicted octanol–water partition coefficient (Wildman–Crippen LogP) is 16.3. The van der Waals surface area contributed by atoms with Gasteiger partial charge in [0.05, 0.1) is 0 Å². The number of benzene rings is 10. The molecule has 2 nitrogen and oxygen atoms in total. The fraction of sp³-hybridized carbons (Fsp3) is 0.0526. The van der Waals surface area contributed by atoms with Gasteiger partial charge < -0.3 is 8.83 Å². The van der Waals surface area contributed by atoms with Crippen LogP contribution in [-0.4, -0.2) is 0 Å². The lowest BCUT2D eigenvalue weighted by molar-refractivity contribution is 0.661. The number of para-hydroxylation sites is 2. The molecule has 13 rings (SSSR count). The van der Waals surface area contributed by atoms with Crippen molar-refractivity contribution in [2.75, 3.05) is 0 Å². The van der Waals surface area contributed by atoms with E-state index in [9.17, 15) is 0 Å². The second kappa shape index (κ2) is 11.8. The highest BCUT2D eigenvalue weighted by molar-refractivity contribution is 6.24. The molecule has 10 aromatic carbocycles. The summed E-state index contributed by atoms with van der Waals surface area (Å²) in [7, 11) is 0. The van der Waals surface area contributed by atoms with Crippen molar-refractivity contribution in [1.29, 1.82) is 0 Å².